The molecule has 6 nitrogen and oxygen atoms in total. The van der Waals surface area contributed by atoms with Gasteiger partial charge in [0.2, 0.25) is 0 Å². The van der Waals surface area contributed by atoms with Gasteiger partial charge in [-0.3, -0.25) is 4.79 Å². The zero-order valence-corrected chi connectivity index (χ0v) is 15.1. The molecule has 0 saturated heterocycles. The van der Waals surface area contributed by atoms with E-state index in [1.165, 1.54) is 11.8 Å². The number of carbonyl (C=O) groups excluding carboxylic acids is 1. The van der Waals surface area contributed by atoms with E-state index >= 15 is 0 Å². The number of aromatic nitrogens is 2. The van der Waals surface area contributed by atoms with Crippen LogP contribution in [0.3, 0.4) is 0 Å². The van der Waals surface area contributed by atoms with Gasteiger partial charge >= 0.3 is 5.97 Å². The summed E-state index contributed by atoms with van der Waals surface area (Å²) in [7, 11) is 0. The van der Waals surface area contributed by atoms with Crippen LogP contribution >= 0.6 is 11.8 Å². The molecule has 1 aliphatic rings. The summed E-state index contributed by atoms with van der Waals surface area (Å²) in [4.78, 5) is 32.6. The largest absolute Gasteiger partial charge is 0.463 e. The van der Waals surface area contributed by atoms with Gasteiger partial charge in [0.15, 0.2) is 5.16 Å². The summed E-state index contributed by atoms with van der Waals surface area (Å²) in [6, 6.07) is 9.45. The van der Waals surface area contributed by atoms with Gasteiger partial charge in [0.25, 0.3) is 5.56 Å². The highest BCUT2D eigenvalue weighted by Crippen LogP contribution is 2.39. The first-order valence-corrected chi connectivity index (χ1v) is 9.17. The minimum atomic E-state index is -0.524. The smallest absolute Gasteiger partial charge is 0.336 e. The fourth-order valence-electron chi connectivity index (χ4n) is 2.99. The van der Waals surface area contributed by atoms with E-state index in [2.05, 4.69) is 15.3 Å². The monoisotopic (exact) mass is 357 g/mol. The van der Waals surface area contributed by atoms with E-state index in [-0.39, 0.29) is 12.2 Å². The number of H-pyrrole nitrogens is 1. The molecule has 2 heterocycles. The van der Waals surface area contributed by atoms with Crippen LogP contribution in [0.2, 0.25) is 0 Å². The molecule has 0 amide bonds. The fourth-order valence-corrected chi connectivity index (χ4v) is 3.36. The molecule has 7 heteroatoms. The predicted molar refractivity (Wildman–Crippen MR) is 97.9 cm³/mol. The third-order valence-electron chi connectivity index (χ3n) is 4.04. The van der Waals surface area contributed by atoms with E-state index in [1.807, 2.05) is 36.6 Å². The number of hydrogen-bond donors (Lipinski definition) is 2. The number of benzene rings is 1. The summed E-state index contributed by atoms with van der Waals surface area (Å²) in [5.41, 5.74) is 2.09. The number of fused-ring (bicyclic) bond motifs is 1. The van der Waals surface area contributed by atoms with Gasteiger partial charge in [-0.1, -0.05) is 42.1 Å². The topological polar surface area (TPSA) is 84.1 Å². The van der Waals surface area contributed by atoms with Crippen LogP contribution in [-0.4, -0.2) is 28.8 Å². The number of carbonyl (C=O) groups is 1. The van der Waals surface area contributed by atoms with E-state index in [0.29, 0.717) is 27.8 Å². The molecular weight excluding hydrogens is 338 g/mol. The molecule has 130 valence electrons. The Labute approximate surface area is 149 Å². The van der Waals surface area contributed by atoms with Crippen molar-refractivity contribution in [1.82, 2.24) is 9.97 Å². The van der Waals surface area contributed by atoms with Gasteiger partial charge in [-0.05, 0) is 25.7 Å². The molecule has 25 heavy (non-hydrogen) atoms. The Morgan fingerprint density at radius 2 is 2.04 bits per heavy atom. The summed E-state index contributed by atoms with van der Waals surface area (Å²) < 4.78 is 5.23. The molecule has 1 unspecified atom stereocenters. The van der Waals surface area contributed by atoms with Crippen LogP contribution in [0.15, 0.2) is 51.6 Å². The summed E-state index contributed by atoms with van der Waals surface area (Å²) >= 11 is 1.35. The minimum Gasteiger partial charge on any atom is -0.463 e. The standard InChI is InChI=1S/C18H19N3O3S/c1-4-24-17(23)12-10(2)19-15-14(16(22)21-18(20-15)25-3)13(12)11-8-6-5-7-9-11/h5-9,13H,4H2,1-3H3,(H2,19,20,21,22). The molecular formula is C18H19N3O3S. The van der Waals surface area contributed by atoms with Crippen LogP contribution in [0.5, 0.6) is 0 Å². The number of ether oxygens (including phenoxy) is 1. The Morgan fingerprint density at radius 1 is 1.32 bits per heavy atom. The fraction of sp³-hybridized carbons (Fsp3) is 0.278. The van der Waals surface area contributed by atoms with Gasteiger partial charge in [0.1, 0.15) is 5.82 Å². The van der Waals surface area contributed by atoms with E-state index < -0.39 is 11.9 Å². The second-order valence-electron chi connectivity index (χ2n) is 5.57. The molecule has 0 fully saturated rings. The highest BCUT2D eigenvalue weighted by molar-refractivity contribution is 7.98. The molecule has 0 bridgehead atoms. The second-order valence-corrected chi connectivity index (χ2v) is 6.36. The Bertz CT molecular complexity index is 890. The third kappa shape index (κ3) is 3.19. The third-order valence-corrected chi connectivity index (χ3v) is 4.62. The number of anilines is 1. The Morgan fingerprint density at radius 3 is 2.68 bits per heavy atom. The summed E-state index contributed by atoms with van der Waals surface area (Å²) in [5.74, 6) is -0.475. The van der Waals surface area contributed by atoms with Crippen molar-refractivity contribution in [1.29, 1.82) is 0 Å². The lowest BCUT2D eigenvalue weighted by atomic mass is 9.82. The average molecular weight is 357 g/mol. The summed E-state index contributed by atoms with van der Waals surface area (Å²) in [6.07, 6.45) is 1.84. The molecule has 2 N–H and O–H groups in total. The van der Waals surface area contributed by atoms with Crippen molar-refractivity contribution >= 4 is 23.5 Å². The molecule has 0 saturated carbocycles. The average Bonchev–Trinajstić information content (AvgIpc) is 2.61. The Kier molecular flexibility index (Phi) is 4.94. The van der Waals surface area contributed by atoms with Gasteiger partial charge < -0.3 is 15.0 Å². The molecule has 1 aromatic carbocycles. The van der Waals surface area contributed by atoms with E-state index in [9.17, 15) is 9.59 Å². The predicted octanol–water partition coefficient (Wildman–Crippen LogP) is 2.89. The minimum absolute atomic E-state index is 0.259. The van der Waals surface area contributed by atoms with Crippen molar-refractivity contribution in [3.63, 3.8) is 0 Å². The van der Waals surface area contributed by atoms with Crippen molar-refractivity contribution in [3.8, 4) is 0 Å². The van der Waals surface area contributed by atoms with Gasteiger partial charge in [-0.2, -0.15) is 0 Å². The molecule has 0 radical (unpaired) electrons. The van der Waals surface area contributed by atoms with Crippen molar-refractivity contribution in [2.24, 2.45) is 0 Å². The zero-order chi connectivity index (χ0) is 18.0. The van der Waals surface area contributed by atoms with Crippen molar-refractivity contribution in [3.05, 3.63) is 63.1 Å². The van der Waals surface area contributed by atoms with Crippen LogP contribution in [0.4, 0.5) is 5.82 Å². The van der Waals surface area contributed by atoms with Crippen molar-refractivity contribution < 1.29 is 9.53 Å². The lowest BCUT2D eigenvalue weighted by Crippen LogP contribution is -2.31. The Balaban J connectivity index is 2.25. The molecule has 1 atom stereocenters. The first-order chi connectivity index (χ1) is 12.1. The first kappa shape index (κ1) is 17.3. The molecule has 2 aromatic rings. The number of esters is 1. The maximum Gasteiger partial charge on any atom is 0.336 e. The van der Waals surface area contributed by atoms with Crippen LogP contribution in [0.25, 0.3) is 0 Å². The number of hydrogen-bond acceptors (Lipinski definition) is 6. The van der Waals surface area contributed by atoms with Crippen molar-refractivity contribution in [2.45, 2.75) is 24.9 Å². The van der Waals surface area contributed by atoms with Crippen LogP contribution in [0.1, 0.15) is 30.9 Å². The number of thioether (sulfide) groups is 1. The van der Waals surface area contributed by atoms with Crippen molar-refractivity contribution in [2.75, 3.05) is 18.2 Å². The maximum atomic E-state index is 12.7. The molecule has 0 aliphatic carbocycles. The van der Waals surface area contributed by atoms with Gasteiger partial charge in [0, 0.05) is 5.70 Å². The molecule has 3 rings (SSSR count). The Hall–Kier alpha value is -2.54. The molecule has 0 spiro atoms. The number of nitrogens with one attached hydrogen (secondary N) is 2. The van der Waals surface area contributed by atoms with Crippen LogP contribution in [-0.2, 0) is 9.53 Å². The lowest BCUT2D eigenvalue weighted by Gasteiger charge is -2.28. The van der Waals surface area contributed by atoms with Gasteiger partial charge in [-0.25, -0.2) is 9.78 Å². The highest BCUT2D eigenvalue weighted by Gasteiger charge is 2.36. The highest BCUT2D eigenvalue weighted by atomic mass is 32.2. The van der Waals surface area contributed by atoms with E-state index in [4.69, 9.17) is 4.74 Å². The summed E-state index contributed by atoms with van der Waals surface area (Å²) in [6.45, 7) is 3.82. The number of nitrogens with zero attached hydrogens (tertiary/aromatic N) is 1. The van der Waals surface area contributed by atoms with E-state index in [0.717, 1.165) is 5.56 Å². The second kappa shape index (κ2) is 7.14. The summed E-state index contributed by atoms with van der Waals surface area (Å²) in [5, 5.41) is 3.62. The number of rotatable bonds is 4. The zero-order valence-electron chi connectivity index (χ0n) is 14.3. The molecule has 1 aliphatic heterocycles. The normalized spacial score (nSPS) is 16.2. The van der Waals surface area contributed by atoms with Crippen LogP contribution < -0.4 is 10.9 Å². The van der Waals surface area contributed by atoms with Gasteiger partial charge in [-0.15, -0.1) is 0 Å². The first-order valence-electron chi connectivity index (χ1n) is 7.94. The van der Waals surface area contributed by atoms with E-state index in [1.54, 1.807) is 13.8 Å². The molecule has 1 aromatic heterocycles. The lowest BCUT2D eigenvalue weighted by molar-refractivity contribution is -0.138. The maximum absolute atomic E-state index is 12.7. The number of allylic oxidation sites excluding steroid dienone is 1. The van der Waals surface area contributed by atoms with Crippen LogP contribution in [0, 0.1) is 0 Å². The van der Waals surface area contributed by atoms with Gasteiger partial charge in [0.05, 0.1) is 23.7 Å². The quantitative estimate of drug-likeness (QED) is 0.497. The number of aromatic amines is 1. The SMILES string of the molecule is CCOC(=O)C1=C(C)Nc2nc(SC)[nH]c(=O)c2C1c1ccccc1.